The summed E-state index contributed by atoms with van der Waals surface area (Å²) in [6.45, 7) is 3.53. The van der Waals surface area contributed by atoms with Gasteiger partial charge in [-0.3, -0.25) is 4.79 Å². The van der Waals surface area contributed by atoms with Crippen LogP contribution in [0.3, 0.4) is 0 Å². The molecule has 1 N–H and O–H groups in total. The summed E-state index contributed by atoms with van der Waals surface area (Å²) in [7, 11) is 0. The molecule has 0 saturated carbocycles. The van der Waals surface area contributed by atoms with Crippen LogP contribution in [0.2, 0.25) is 5.02 Å². The van der Waals surface area contributed by atoms with Crippen molar-refractivity contribution in [3.8, 4) is 11.5 Å². The SMILES string of the molecule is CCOc1c(Cl)ccc(C(C)=O)c1O. The Balaban J connectivity index is 3.26. The van der Waals surface area contributed by atoms with Crippen LogP contribution in [0.25, 0.3) is 0 Å². The molecule has 1 rings (SSSR count). The van der Waals surface area contributed by atoms with Gasteiger partial charge in [-0.1, -0.05) is 11.6 Å². The van der Waals surface area contributed by atoms with Crippen molar-refractivity contribution in [1.29, 1.82) is 0 Å². The van der Waals surface area contributed by atoms with Crippen LogP contribution < -0.4 is 4.74 Å². The van der Waals surface area contributed by atoms with Gasteiger partial charge in [0.2, 0.25) is 0 Å². The average molecular weight is 215 g/mol. The van der Waals surface area contributed by atoms with Crippen molar-refractivity contribution < 1.29 is 14.6 Å². The zero-order chi connectivity index (χ0) is 10.7. The number of hydrogen-bond donors (Lipinski definition) is 1. The normalized spacial score (nSPS) is 9.93. The third kappa shape index (κ3) is 1.99. The summed E-state index contributed by atoms with van der Waals surface area (Å²) in [4.78, 5) is 11.1. The molecular weight excluding hydrogens is 204 g/mol. The summed E-state index contributed by atoms with van der Waals surface area (Å²) in [5, 5.41) is 9.94. The predicted molar refractivity (Wildman–Crippen MR) is 54.3 cm³/mol. The van der Waals surface area contributed by atoms with Crippen molar-refractivity contribution >= 4 is 17.4 Å². The lowest BCUT2D eigenvalue weighted by molar-refractivity contribution is 0.101. The molecule has 0 atom stereocenters. The van der Waals surface area contributed by atoms with E-state index >= 15 is 0 Å². The molecule has 0 radical (unpaired) electrons. The molecule has 14 heavy (non-hydrogen) atoms. The molecule has 0 saturated heterocycles. The molecule has 0 aliphatic carbocycles. The van der Waals surface area contributed by atoms with E-state index in [0.29, 0.717) is 11.6 Å². The Labute approximate surface area is 87.3 Å². The highest BCUT2D eigenvalue weighted by molar-refractivity contribution is 6.32. The van der Waals surface area contributed by atoms with Crippen molar-refractivity contribution in [1.82, 2.24) is 0 Å². The highest BCUT2D eigenvalue weighted by Gasteiger charge is 2.14. The third-order valence-electron chi connectivity index (χ3n) is 1.75. The Morgan fingerprint density at radius 1 is 1.57 bits per heavy atom. The quantitative estimate of drug-likeness (QED) is 0.787. The first-order valence-electron chi connectivity index (χ1n) is 4.23. The smallest absolute Gasteiger partial charge is 0.180 e. The molecule has 0 amide bonds. The molecule has 1 aromatic rings. The van der Waals surface area contributed by atoms with Gasteiger partial charge in [0, 0.05) is 0 Å². The first kappa shape index (κ1) is 10.9. The fraction of sp³-hybridized carbons (Fsp3) is 0.300. The molecule has 0 bridgehead atoms. The maximum atomic E-state index is 11.1. The second-order valence-electron chi connectivity index (χ2n) is 2.76. The fourth-order valence-corrected chi connectivity index (χ4v) is 1.32. The number of hydrogen-bond acceptors (Lipinski definition) is 3. The van der Waals surface area contributed by atoms with E-state index < -0.39 is 0 Å². The maximum absolute atomic E-state index is 11.1. The van der Waals surface area contributed by atoms with Crippen LogP contribution in [0.1, 0.15) is 24.2 Å². The summed E-state index contributed by atoms with van der Waals surface area (Å²) in [6.07, 6.45) is 0. The Morgan fingerprint density at radius 2 is 2.21 bits per heavy atom. The number of halogens is 1. The lowest BCUT2D eigenvalue weighted by Gasteiger charge is -2.09. The summed E-state index contributed by atoms with van der Waals surface area (Å²) in [5.74, 6) is -0.242. The lowest BCUT2D eigenvalue weighted by Crippen LogP contribution is -1.98. The molecule has 0 heterocycles. The molecule has 0 aromatic heterocycles. The summed E-state index contributed by atoms with van der Waals surface area (Å²) >= 11 is 5.79. The van der Waals surface area contributed by atoms with E-state index in [4.69, 9.17) is 16.3 Å². The molecule has 76 valence electrons. The number of ether oxygens (including phenoxy) is 1. The molecule has 0 aliphatic heterocycles. The number of carbonyl (C=O) groups excluding carboxylic acids is 1. The lowest BCUT2D eigenvalue weighted by atomic mass is 10.1. The number of Topliss-reactive ketones (excluding diaryl/α,β-unsaturated/α-hetero) is 1. The van der Waals surface area contributed by atoms with E-state index in [9.17, 15) is 9.90 Å². The van der Waals surface area contributed by atoms with Crippen LogP contribution in [0.15, 0.2) is 12.1 Å². The summed E-state index contributed by atoms with van der Waals surface area (Å²) in [6, 6.07) is 3.01. The molecule has 4 heteroatoms. The fourth-order valence-electron chi connectivity index (χ4n) is 1.11. The molecule has 0 spiro atoms. The topological polar surface area (TPSA) is 46.5 Å². The van der Waals surface area contributed by atoms with Gasteiger partial charge >= 0.3 is 0 Å². The van der Waals surface area contributed by atoms with Gasteiger partial charge in [0.25, 0.3) is 0 Å². The van der Waals surface area contributed by atoms with Gasteiger partial charge in [-0.25, -0.2) is 0 Å². The van der Waals surface area contributed by atoms with E-state index in [1.54, 1.807) is 6.92 Å². The highest BCUT2D eigenvalue weighted by Crippen LogP contribution is 2.37. The number of aromatic hydroxyl groups is 1. The van der Waals surface area contributed by atoms with Gasteiger partial charge in [0.1, 0.15) is 0 Å². The Bertz CT molecular complexity index is 361. The van der Waals surface area contributed by atoms with Gasteiger partial charge < -0.3 is 9.84 Å². The van der Waals surface area contributed by atoms with Gasteiger partial charge in [0.05, 0.1) is 17.2 Å². The minimum absolute atomic E-state index is 0.168. The zero-order valence-electron chi connectivity index (χ0n) is 8.00. The van der Waals surface area contributed by atoms with E-state index in [1.165, 1.54) is 19.1 Å². The molecule has 1 aromatic carbocycles. The second-order valence-corrected chi connectivity index (χ2v) is 3.17. The van der Waals surface area contributed by atoms with Crippen LogP contribution >= 0.6 is 11.6 Å². The van der Waals surface area contributed by atoms with Crippen molar-refractivity contribution in [2.75, 3.05) is 6.61 Å². The summed E-state index contributed by atoms with van der Waals surface area (Å²) < 4.78 is 5.12. The average Bonchev–Trinajstić information content (AvgIpc) is 2.11. The highest BCUT2D eigenvalue weighted by atomic mass is 35.5. The Morgan fingerprint density at radius 3 is 2.71 bits per heavy atom. The predicted octanol–water partition coefficient (Wildman–Crippen LogP) is 2.65. The Kier molecular flexibility index (Phi) is 3.36. The van der Waals surface area contributed by atoms with Crippen LogP contribution in [-0.4, -0.2) is 17.5 Å². The summed E-state index contributed by atoms with van der Waals surface area (Å²) in [5.41, 5.74) is 0.220. The molecular formula is C10H11ClO3. The standard InChI is InChI=1S/C10H11ClO3/c1-3-14-10-8(11)5-4-7(6(2)12)9(10)13/h4-5,13H,3H2,1-2H3. The van der Waals surface area contributed by atoms with Gasteiger partial charge in [-0.2, -0.15) is 0 Å². The Hall–Kier alpha value is -1.22. The largest absolute Gasteiger partial charge is 0.504 e. The molecule has 0 unspecified atom stereocenters. The second kappa shape index (κ2) is 4.33. The minimum Gasteiger partial charge on any atom is -0.504 e. The first-order valence-corrected chi connectivity index (χ1v) is 4.61. The molecule has 0 aliphatic rings. The number of phenols is 1. The van der Waals surface area contributed by atoms with Crippen molar-refractivity contribution in [3.63, 3.8) is 0 Å². The number of carbonyl (C=O) groups is 1. The van der Waals surface area contributed by atoms with E-state index in [2.05, 4.69) is 0 Å². The third-order valence-corrected chi connectivity index (χ3v) is 2.05. The van der Waals surface area contributed by atoms with Crippen LogP contribution in [-0.2, 0) is 0 Å². The first-order chi connectivity index (χ1) is 6.57. The number of ketones is 1. The minimum atomic E-state index is -0.222. The van der Waals surface area contributed by atoms with Crippen molar-refractivity contribution in [2.45, 2.75) is 13.8 Å². The van der Waals surface area contributed by atoms with Crippen molar-refractivity contribution in [3.05, 3.63) is 22.7 Å². The van der Waals surface area contributed by atoms with Crippen LogP contribution in [0, 0.1) is 0 Å². The van der Waals surface area contributed by atoms with Crippen LogP contribution in [0.5, 0.6) is 11.5 Å². The van der Waals surface area contributed by atoms with E-state index in [1.807, 2.05) is 0 Å². The van der Waals surface area contributed by atoms with Crippen molar-refractivity contribution in [2.24, 2.45) is 0 Å². The van der Waals surface area contributed by atoms with Crippen LogP contribution in [0.4, 0.5) is 0 Å². The van der Waals surface area contributed by atoms with E-state index in [-0.39, 0.29) is 22.8 Å². The maximum Gasteiger partial charge on any atom is 0.180 e. The molecule has 0 fully saturated rings. The van der Waals surface area contributed by atoms with E-state index in [0.717, 1.165) is 0 Å². The number of phenolic OH excluding ortho intramolecular Hbond substituents is 1. The zero-order valence-corrected chi connectivity index (χ0v) is 8.76. The van der Waals surface area contributed by atoms with Gasteiger partial charge in [-0.15, -0.1) is 0 Å². The molecule has 3 nitrogen and oxygen atoms in total. The van der Waals surface area contributed by atoms with Gasteiger partial charge in [0.15, 0.2) is 17.3 Å². The monoisotopic (exact) mass is 214 g/mol. The van der Waals surface area contributed by atoms with Gasteiger partial charge in [-0.05, 0) is 26.0 Å². The number of benzene rings is 1. The number of rotatable bonds is 3.